The molecule has 1 aliphatic heterocycles. The number of fused-ring (bicyclic) bond motifs is 3. The Bertz CT molecular complexity index is 880. The third-order valence-corrected chi connectivity index (χ3v) is 5.01. The van der Waals surface area contributed by atoms with Gasteiger partial charge in [-0.15, -0.1) is 0 Å². The van der Waals surface area contributed by atoms with Crippen LogP contribution in [0.2, 0.25) is 0 Å². The number of benzene rings is 2. The van der Waals surface area contributed by atoms with Gasteiger partial charge in [-0.2, -0.15) is 13.0 Å². The third kappa shape index (κ3) is 2.17. The lowest BCUT2D eigenvalue weighted by Gasteiger charge is -2.17. The molecule has 0 spiro atoms. The van der Waals surface area contributed by atoms with E-state index < -0.39 is 16.0 Å². The van der Waals surface area contributed by atoms with Crippen LogP contribution in [0.1, 0.15) is 26.3 Å². The van der Waals surface area contributed by atoms with E-state index in [1.165, 1.54) is 0 Å². The summed E-state index contributed by atoms with van der Waals surface area (Å²) in [5.41, 5.74) is 2.61. The van der Waals surface area contributed by atoms with Gasteiger partial charge in [0.1, 0.15) is 0 Å². The van der Waals surface area contributed by atoms with Crippen molar-refractivity contribution in [2.24, 2.45) is 0 Å². The summed E-state index contributed by atoms with van der Waals surface area (Å²) >= 11 is 0. The molecule has 1 aliphatic rings. The van der Waals surface area contributed by atoms with Crippen LogP contribution in [0.4, 0.5) is 5.69 Å². The van der Waals surface area contributed by atoms with Gasteiger partial charge in [-0.05, 0) is 30.7 Å². The van der Waals surface area contributed by atoms with Crippen molar-refractivity contribution in [2.45, 2.75) is 26.2 Å². The summed E-state index contributed by atoms with van der Waals surface area (Å²) in [7, 11) is -4.08. The Morgan fingerprint density at radius 3 is 2.48 bits per heavy atom. The number of hydrogen-bond acceptors (Lipinski definition) is 2. The van der Waals surface area contributed by atoms with Crippen molar-refractivity contribution in [3.05, 3.63) is 42.0 Å². The van der Waals surface area contributed by atoms with Crippen LogP contribution in [-0.4, -0.2) is 29.1 Å². The Morgan fingerprint density at radius 2 is 1.81 bits per heavy atom. The molecular formula is C16H18NO3S+. The van der Waals surface area contributed by atoms with E-state index in [1.807, 2.05) is 37.3 Å². The smallest absolute Gasteiger partial charge is 0.281 e. The highest BCUT2D eigenvalue weighted by atomic mass is 32.2. The minimum Gasteiger partial charge on any atom is -0.281 e. The third-order valence-electron chi connectivity index (χ3n) is 4.42. The van der Waals surface area contributed by atoms with E-state index in [2.05, 4.69) is 19.9 Å². The second-order valence-electron chi connectivity index (χ2n) is 6.03. The summed E-state index contributed by atoms with van der Waals surface area (Å²) in [6, 6.07) is 12.0. The molecule has 0 aromatic heterocycles. The highest BCUT2D eigenvalue weighted by Gasteiger charge is 2.45. The van der Waals surface area contributed by atoms with Gasteiger partial charge in [0.05, 0.1) is 5.41 Å². The van der Waals surface area contributed by atoms with Crippen LogP contribution in [0.3, 0.4) is 0 Å². The Kier molecular flexibility index (Phi) is 2.97. The van der Waals surface area contributed by atoms with E-state index >= 15 is 0 Å². The molecule has 0 bridgehead atoms. The van der Waals surface area contributed by atoms with Crippen molar-refractivity contribution in [1.82, 2.24) is 0 Å². The highest BCUT2D eigenvalue weighted by Crippen LogP contribution is 2.43. The highest BCUT2D eigenvalue weighted by molar-refractivity contribution is 7.85. The molecule has 21 heavy (non-hydrogen) atoms. The number of rotatable bonds is 2. The molecule has 0 unspecified atom stereocenters. The molecule has 0 atom stereocenters. The van der Waals surface area contributed by atoms with E-state index in [0.717, 1.165) is 27.7 Å². The standard InChI is InChI=1S/C16H17NO3S/c1-11-16(2,3)15-13-7-5-4-6-12(13)8-9-14(15)17(11)10-21(18,19)20/h4-9H,10H2,1-3H3/p+1. The molecule has 0 fully saturated rings. The summed E-state index contributed by atoms with van der Waals surface area (Å²) in [5.74, 6) is -0.409. The summed E-state index contributed by atoms with van der Waals surface area (Å²) in [6.45, 7) is 6.08. The number of nitrogens with zero attached hydrogens (tertiary/aromatic N) is 1. The predicted octanol–water partition coefficient (Wildman–Crippen LogP) is 3.08. The fraction of sp³-hybridized carbons (Fsp3) is 0.312. The van der Waals surface area contributed by atoms with Gasteiger partial charge in [0, 0.05) is 18.6 Å². The first-order valence-corrected chi connectivity index (χ1v) is 8.42. The molecule has 0 saturated carbocycles. The van der Waals surface area contributed by atoms with Gasteiger partial charge < -0.3 is 0 Å². The number of hydrogen-bond donors (Lipinski definition) is 1. The van der Waals surface area contributed by atoms with Crippen LogP contribution >= 0.6 is 0 Å². The van der Waals surface area contributed by atoms with E-state index in [1.54, 1.807) is 4.58 Å². The van der Waals surface area contributed by atoms with Gasteiger partial charge in [0.15, 0.2) is 5.71 Å². The van der Waals surface area contributed by atoms with Crippen LogP contribution in [-0.2, 0) is 15.5 Å². The molecular weight excluding hydrogens is 286 g/mol. The van der Waals surface area contributed by atoms with Gasteiger partial charge in [0.2, 0.25) is 5.69 Å². The summed E-state index contributed by atoms with van der Waals surface area (Å²) < 4.78 is 33.5. The molecule has 0 amide bonds. The maximum absolute atomic E-state index is 11.3. The Morgan fingerprint density at radius 1 is 1.14 bits per heavy atom. The maximum atomic E-state index is 11.3. The van der Waals surface area contributed by atoms with Crippen molar-refractivity contribution in [1.29, 1.82) is 0 Å². The molecule has 2 aromatic rings. The van der Waals surface area contributed by atoms with Crippen molar-refractivity contribution >= 4 is 32.3 Å². The first-order valence-electron chi connectivity index (χ1n) is 6.81. The first-order chi connectivity index (χ1) is 9.72. The molecule has 3 rings (SSSR count). The maximum Gasteiger partial charge on any atom is 0.326 e. The molecule has 5 heteroatoms. The lowest BCUT2D eigenvalue weighted by molar-refractivity contribution is -0.417. The van der Waals surface area contributed by atoms with Gasteiger partial charge in [-0.25, -0.2) is 0 Å². The zero-order chi connectivity index (χ0) is 15.4. The summed E-state index contributed by atoms with van der Waals surface area (Å²) in [6.07, 6.45) is 0. The zero-order valence-electron chi connectivity index (χ0n) is 12.3. The Balaban J connectivity index is 2.34. The van der Waals surface area contributed by atoms with Crippen LogP contribution in [0, 0.1) is 0 Å². The van der Waals surface area contributed by atoms with E-state index in [0.29, 0.717) is 0 Å². The van der Waals surface area contributed by atoms with Crippen molar-refractivity contribution in [2.75, 3.05) is 5.88 Å². The van der Waals surface area contributed by atoms with Gasteiger partial charge >= 0.3 is 10.1 Å². The molecule has 4 nitrogen and oxygen atoms in total. The summed E-state index contributed by atoms with van der Waals surface area (Å²) in [5, 5.41) is 2.25. The van der Waals surface area contributed by atoms with Gasteiger partial charge in [0.25, 0.3) is 5.88 Å². The molecule has 1 N–H and O–H groups in total. The van der Waals surface area contributed by atoms with Crippen LogP contribution < -0.4 is 0 Å². The molecule has 0 aliphatic carbocycles. The van der Waals surface area contributed by atoms with Gasteiger partial charge in [-0.3, -0.25) is 4.55 Å². The fourth-order valence-corrected chi connectivity index (χ4v) is 3.83. The molecule has 0 radical (unpaired) electrons. The second kappa shape index (κ2) is 4.39. The normalized spacial score (nSPS) is 17.3. The minimum absolute atomic E-state index is 0.277. The monoisotopic (exact) mass is 304 g/mol. The van der Waals surface area contributed by atoms with Gasteiger partial charge in [-0.1, -0.05) is 24.3 Å². The van der Waals surface area contributed by atoms with Crippen LogP contribution in [0.15, 0.2) is 36.4 Å². The zero-order valence-corrected chi connectivity index (χ0v) is 13.1. The molecule has 1 heterocycles. The topological polar surface area (TPSA) is 57.4 Å². The van der Waals surface area contributed by atoms with Crippen LogP contribution in [0.5, 0.6) is 0 Å². The lowest BCUT2D eigenvalue weighted by atomic mass is 9.80. The second-order valence-corrected chi connectivity index (χ2v) is 7.45. The minimum atomic E-state index is -4.08. The Hall–Kier alpha value is -1.72. The molecule has 110 valence electrons. The quantitative estimate of drug-likeness (QED) is 0.685. The fourth-order valence-electron chi connectivity index (χ4n) is 3.17. The van der Waals surface area contributed by atoms with E-state index in [-0.39, 0.29) is 5.41 Å². The molecule has 2 aromatic carbocycles. The van der Waals surface area contributed by atoms with E-state index in [4.69, 9.17) is 0 Å². The average Bonchev–Trinajstić information content (AvgIpc) is 2.59. The molecule has 0 saturated heterocycles. The van der Waals surface area contributed by atoms with Crippen molar-refractivity contribution in [3.63, 3.8) is 0 Å². The average molecular weight is 304 g/mol. The Labute approximate surface area is 124 Å². The summed E-state index contributed by atoms with van der Waals surface area (Å²) in [4.78, 5) is 0. The van der Waals surface area contributed by atoms with Crippen molar-refractivity contribution < 1.29 is 17.5 Å². The first kappa shape index (κ1) is 14.2. The lowest BCUT2D eigenvalue weighted by Crippen LogP contribution is -2.28. The largest absolute Gasteiger partial charge is 0.326 e. The van der Waals surface area contributed by atoms with Crippen LogP contribution in [0.25, 0.3) is 10.8 Å². The van der Waals surface area contributed by atoms with Crippen molar-refractivity contribution in [3.8, 4) is 0 Å². The SMILES string of the molecule is CC1=[N+](CS(=O)(=O)O)c2ccc3ccccc3c2C1(C)C. The van der Waals surface area contributed by atoms with E-state index in [9.17, 15) is 13.0 Å². The predicted molar refractivity (Wildman–Crippen MR) is 84.0 cm³/mol.